The van der Waals surface area contributed by atoms with Gasteiger partial charge in [-0.25, -0.2) is 0 Å². The van der Waals surface area contributed by atoms with Crippen LogP contribution in [-0.2, 0) is 4.79 Å². The van der Waals surface area contributed by atoms with Gasteiger partial charge in [-0.2, -0.15) is 0 Å². The molecule has 2 rings (SSSR count). The fourth-order valence-corrected chi connectivity index (χ4v) is 3.21. The zero-order valence-corrected chi connectivity index (χ0v) is 13.9. The first-order valence-electron chi connectivity index (χ1n) is 6.77. The standard InChI is InChI=1S/C16H22BrNO/c1-11-10-15(2,3)18(14(19)16(4,5)17)13-9-7-6-8-12(11)13/h6-9,11H,10H2,1-5H3/t11-/m0/s1. The Morgan fingerprint density at radius 3 is 2.53 bits per heavy atom. The minimum Gasteiger partial charge on any atom is -0.305 e. The maximum atomic E-state index is 12.8. The number of anilines is 1. The molecule has 0 aromatic heterocycles. The van der Waals surface area contributed by atoms with Crippen LogP contribution in [-0.4, -0.2) is 15.8 Å². The van der Waals surface area contributed by atoms with E-state index < -0.39 is 4.32 Å². The number of hydrogen-bond donors (Lipinski definition) is 0. The maximum Gasteiger partial charge on any atom is 0.243 e. The third-order valence-electron chi connectivity index (χ3n) is 3.83. The van der Waals surface area contributed by atoms with Crippen LogP contribution in [0.3, 0.4) is 0 Å². The molecule has 0 saturated heterocycles. The Labute approximate surface area is 124 Å². The molecule has 1 aromatic carbocycles. The molecular formula is C16H22BrNO. The lowest BCUT2D eigenvalue weighted by Gasteiger charge is -2.47. The summed E-state index contributed by atoms with van der Waals surface area (Å²) in [6.45, 7) is 10.4. The molecule has 104 valence electrons. The van der Waals surface area contributed by atoms with Crippen molar-refractivity contribution in [1.29, 1.82) is 0 Å². The number of para-hydroxylation sites is 1. The zero-order chi connectivity index (χ0) is 14.4. The van der Waals surface area contributed by atoms with Crippen LogP contribution in [0.25, 0.3) is 0 Å². The van der Waals surface area contributed by atoms with E-state index in [0.29, 0.717) is 5.92 Å². The predicted octanol–water partition coefficient (Wildman–Crippen LogP) is 4.48. The van der Waals surface area contributed by atoms with Crippen LogP contribution in [0.15, 0.2) is 24.3 Å². The maximum absolute atomic E-state index is 12.8. The first-order valence-corrected chi connectivity index (χ1v) is 7.56. The Bertz CT molecular complexity index is 502. The highest BCUT2D eigenvalue weighted by atomic mass is 79.9. The number of amides is 1. The van der Waals surface area contributed by atoms with E-state index >= 15 is 0 Å². The molecule has 1 aromatic rings. The molecule has 0 fully saturated rings. The summed E-state index contributed by atoms with van der Waals surface area (Å²) in [6, 6.07) is 8.25. The normalized spacial score (nSPS) is 22.0. The third-order valence-corrected chi connectivity index (χ3v) is 4.17. The second-order valence-electron chi connectivity index (χ2n) is 6.59. The molecule has 1 amide bonds. The van der Waals surface area contributed by atoms with Gasteiger partial charge < -0.3 is 4.90 Å². The van der Waals surface area contributed by atoms with Crippen LogP contribution >= 0.6 is 15.9 Å². The lowest BCUT2D eigenvalue weighted by Crippen LogP contribution is -2.56. The first kappa shape index (κ1) is 14.6. The molecule has 0 unspecified atom stereocenters. The molecule has 0 spiro atoms. The van der Waals surface area contributed by atoms with Crippen molar-refractivity contribution in [3.63, 3.8) is 0 Å². The van der Waals surface area contributed by atoms with Crippen LogP contribution in [0.2, 0.25) is 0 Å². The number of benzene rings is 1. The second-order valence-corrected chi connectivity index (χ2v) is 8.57. The number of alkyl halides is 1. The third kappa shape index (κ3) is 2.58. The van der Waals surface area contributed by atoms with Crippen LogP contribution in [0.4, 0.5) is 5.69 Å². The van der Waals surface area contributed by atoms with Crippen LogP contribution in [0.1, 0.15) is 52.5 Å². The van der Waals surface area contributed by atoms with Gasteiger partial charge in [0, 0.05) is 11.2 Å². The van der Waals surface area contributed by atoms with Gasteiger partial charge in [-0.15, -0.1) is 0 Å². The number of fused-ring (bicyclic) bond motifs is 1. The molecule has 2 nitrogen and oxygen atoms in total. The molecule has 0 bridgehead atoms. The average Bonchev–Trinajstić information content (AvgIpc) is 2.26. The van der Waals surface area contributed by atoms with E-state index in [0.717, 1.165) is 12.1 Å². The SMILES string of the molecule is C[C@H]1CC(C)(C)N(C(=O)C(C)(C)Br)c2ccccc21. The summed E-state index contributed by atoms with van der Waals surface area (Å²) >= 11 is 3.51. The number of halogens is 1. The van der Waals surface area contributed by atoms with Gasteiger partial charge in [0.15, 0.2) is 0 Å². The van der Waals surface area contributed by atoms with Gasteiger partial charge in [-0.3, -0.25) is 4.79 Å². The fourth-order valence-electron chi connectivity index (χ4n) is 3.03. The molecule has 1 aliphatic rings. The van der Waals surface area contributed by atoms with Crippen molar-refractivity contribution >= 4 is 27.5 Å². The minimum atomic E-state index is -0.544. The van der Waals surface area contributed by atoms with Crippen molar-refractivity contribution in [2.24, 2.45) is 0 Å². The van der Waals surface area contributed by atoms with E-state index in [-0.39, 0.29) is 11.4 Å². The van der Waals surface area contributed by atoms with E-state index in [1.807, 2.05) is 24.8 Å². The Morgan fingerprint density at radius 2 is 1.95 bits per heavy atom. The summed E-state index contributed by atoms with van der Waals surface area (Å²) in [5.74, 6) is 0.602. The van der Waals surface area contributed by atoms with Crippen molar-refractivity contribution in [2.45, 2.75) is 56.8 Å². The topological polar surface area (TPSA) is 20.3 Å². The van der Waals surface area contributed by atoms with Gasteiger partial charge in [0.1, 0.15) is 0 Å². The molecular weight excluding hydrogens is 302 g/mol. The highest BCUT2D eigenvalue weighted by Gasteiger charge is 2.43. The largest absolute Gasteiger partial charge is 0.305 e. The lowest BCUT2D eigenvalue weighted by molar-refractivity contribution is -0.121. The molecule has 1 heterocycles. The molecule has 3 heteroatoms. The highest BCUT2D eigenvalue weighted by Crippen LogP contribution is 2.44. The Balaban J connectivity index is 2.57. The van der Waals surface area contributed by atoms with Gasteiger partial charge in [0.2, 0.25) is 5.91 Å². The van der Waals surface area contributed by atoms with Crippen molar-refractivity contribution in [3.8, 4) is 0 Å². The van der Waals surface area contributed by atoms with Gasteiger partial charge in [0.05, 0.1) is 4.32 Å². The second kappa shape index (κ2) is 4.62. The van der Waals surface area contributed by atoms with E-state index in [2.05, 4.69) is 54.9 Å². The predicted molar refractivity (Wildman–Crippen MR) is 84.0 cm³/mol. The Hall–Kier alpha value is -0.830. The van der Waals surface area contributed by atoms with Gasteiger partial charge in [0.25, 0.3) is 0 Å². The van der Waals surface area contributed by atoms with Crippen molar-refractivity contribution < 1.29 is 4.79 Å². The molecule has 0 radical (unpaired) electrons. The smallest absolute Gasteiger partial charge is 0.243 e. The van der Waals surface area contributed by atoms with Crippen LogP contribution in [0.5, 0.6) is 0 Å². The van der Waals surface area contributed by atoms with Crippen molar-refractivity contribution in [2.75, 3.05) is 4.90 Å². The molecule has 1 atom stereocenters. The minimum absolute atomic E-state index is 0.122. The summed E-state index contributed by atoms with van der Waals surface area (Å²) in [5, 5.41) is 0. The van der Waals surface area contributed by atoms with Gasteiger partial charge >= 0.3 is 0 Å². The van der Waals surface area contributed by atoms with Crippen LogP contribution in [0, 0.1) is 0 Å². The monoisotopic (exact) mass is 323 g/mol. The van der Waals surface area contributed by atoms with E-state index in [9.17, 15) is 4.79 Å². The zero-order valence-electron chi connectivity index (χ0n) is 12.3. The summed E-state index contributed by atoms with van der Waals surface area (Å²) < 4.78 is -0.544. The summed E-state index contributed by atoms with van der Waals surface area (Å²) in [4.78, 5) is 14.8. The summed E-state index contributed by atoms with van der Waals surface area (Å²) in [5.41, 5.74) is 2.17. The number of rotatable bonds is 1. The number of carbonyl (C=O) groups excluding carboxylic acids is 1. The Morgan fingerprint density at radius 1 is 1.37 bits per heavy atom. The van der Waals surface area contributed by atoms with E-state index in [1.54, 1.807) is 0 Å². The molecule has 0 aliphatic carbocycles. The van der Waals surface area contributed by atoms with Crippen LogP contribution < -0.4 is 4.90 Å². The number of hydrogen-bond acceptors (Lipinski definition) is 1. The molecule has 0 N–H and O–H groups in total. The highest BCUT2D eigenvalue weighted by molar-refractivity contribution is 9.10. The Kier molecular flexibility index (Phi) is 3.54. The number of nitrogens with zero attached hydrogens (tertiary/aromatic N) is 1. The van der Waals surface area contributed by atoms with Gasteiger partial charge in [-0.1, -0.05) is 41.1 Å². The summed E-state index contributed by atoms with van der Waals surface area (Å²) in [6.07, 6.45) is 0.985. The first-order chi connectivity index (χ1) is 8.64. The van der Waals surface area contributed by atoms with Gasteiger partial charge in [-0.05, 0) is 51.7 Å². The molecule has 1 aliphatic heterocycles. The van der Waals surface area contributed by atoms with Crippen molar-refractivity contribution in [1.82, 2.24) is 0 Å². The molecule has 19 heavy (non-hydrogen) atoms. The van der Waals surface area contributed by atoms with E-state index in [4.69, 9.17) is 0 Å². The van der Waals surface area contributed by atoms with E-state index in [1.165, 1.54) is 5.56 Å². The average molecular weight is 324 g/mol. The molecule has 0 saturated carbocycles. The number of carbonyl (C=O) groups is 1. The fraction of sp³-hybridized carbons (Fsp3) is 0.562. The quantitative estimate of drug-likeness (QED) is 0.698. The summed E-state index contributed by atoms with van der Waals surface area (Å²) in [7, 11) is 0. The van der Waals surface area contributed by atoms with Crippen molar-refractivity contribution in [3.05, 3.63) is 29.8 Å². The lowest BCUT2D eigenvalue weighted by atomic mass is 9.79.